The van der Waals surface area contributed by atoms with E-state index in [1.54, 1.807) is 0 Å². The lowest BCUT2D eigenvalue weighted by atomic mass is 9.96. The van der Waals surface area contributed by atoms with E-state index in [0.717, 1.165) is 11.3 Å². The highest BCUT2D eigenvalue weighted by Crippen LogP contribution is 2.32. The number of esters is 1. The number of halogens is 1. The molecule has 1 aromatic heterocycles. The van der Waals surface area contributed by atoms with Gasteiger partial charge in [-0.1, -0.05) is 25.4 Å². The first kappa shape index (κ1) is 12.5. The zero-order valence-electron chi connectivity index (χ0n) is 9.12. The number of thiophene rings is 1. The largest absolute Gasteiger partial charge is 0.469 e. The topological polar surface area (TPSA) is 26.3 Å². The summed E-state index contributed by atoms with van der Waals surface area (Å²) < 4.78 is 5.51. The van der Waals surface area contributed by atoms with Crippen LogP contribution in [0.4, 0.5) is 0 Å². The summed E-state index contributed by atoms with van der Waals surface area (Å²) in [6, 6.07) is 3.72. The van der Waals surface area contributed by atoms with E-state index in [1.807, 2.05) is 12.1 Å². The van der Waals surface area contributed by atoms with Crippen molar-refractivity contribution in [2.24, 2.45) is 5.92 Å². The van der Waals surface area contributed by atoms with E-state index in [-0.39, 0.29) is 11.9 Å². The molecule has 0 amide bonds. The molecular formula is C11H15ClO2S. The highest BCUT2D eigenvalue weighted by Gasteiger charge is 2.23. The molecule has 1 aromatic rings. The fourth-order valence-electron chi connectivity index (χ4n) is 1.46. The van der Waals surface area contributed by atoms with Crippen molar-refractivity contribution in [2.75, 3.05) is 7.11 Å². The maximum absolute atomic E-state index is 11.6. The molecule has 0 spiro atoms. The van der Waals surface area contributed by atoms with Gasteiger partial charge >= 0.3 is 5.97 Å². The maximum atomic E-state index is 11.6. The molecule has 0 saturated heterocycles. The standard InChI is InChI=1S/C11H15ClO2S/c1-7(2)6-8(11(13)14-3)9-4-5-10(12)15-9/h4-5,7-8H,6H2,1-3H3. The molecule has 4 heteroatoms. The number of carbonyl (C=O) groups is 1. The van der Waals surface area contributed by atoms with Gasteiger partial charge in [-0.2, -0.15) is 0 Å². The molecule has 0 bridgehead atoms. The third-order valence-corrected chi connectivity index (χ3v) is 3.48. The Morgan fingerprint density at radius 3 is 2.60 bits per heavy atom. The Morgan fingerprint density at radius 1 is 1.53 bits per heavy atom. The zero-order chi connectivity index (χ0) is 11.4. The summed E-state index contributed by atoms with van der Waals surface area (Å²) in [6.45, 7) is 4.18. The van der Waals surface area contributed by atoms with Crippen LogP contribution in [0.25, 0.3) is 0 Å². The molecule has 0 aliphatic carbocycles. The molecule has 84 valence electrons. The lowest BCUT2D eigenvalue weighted by Gasteiger charge is -2.14. The average molecular weight is 247 g/mol. The van der Waals surface area contributed by atoms with Gasteiger partial charge in [0.05, 0.1) is 17.4 Å². The average Bonchev–Trinajstić information content (AvgIpc) is 2.59. The van der Waals surface area contributed by atoms with Gasteiger partial charge in [0.15, 0.2) is 0 Å². The molecule has 0 aromatic carbocycles. The zero-order valence-corrected chi connectivity index (χ0v) is 10.7. The van der Waals surface area contributed by atoms with Crippen molar-refractivity contribution in [1.29, 1.82) is 0 Å². The maximum Gasteiger partial charge on any atom is 0.313 e. The monoisotopic (exact) mass is 246 g/mol. The van der Waals surface area contributed by atoms with E-state index in [2.05, 4.69) is 13.8 Å². The van der Waals surface area contributed by atoms with Crippen LogP contribution in [0.5, 0.6) is 0 Å². The minimum atomic E-state index is -0.179. The molecule has 0 aliphatic heterocycles. The number of hydrogen-bond donors (Lipinski definition) is 0. The predicted octanol–water partition coefficient (Wildman–Crippen LogP) is 3.70. The van der Waals surface area contributed by atoms with Gasteiger partial charge in [-0.25, -0.2) is 0 Å². The Morgan fingerprint density at radius 2 is 2.20 bits per heavy atom. The second-order valence-corrected chi connectivity index (χ2v) is 5.59. The molecular weight excluding hydrogens is 232 g/mol. The van der Waals surface area contributed by atoms with Crippen molar-refractivity contribution in [3.63, 3.8) is 0 Å². The highest BCUT2D eigenvalue weighted by atomic mass is 35.5. The minimum absolute atomic E-state index is 0.174. The summed E-state index contributed by atoms with van der Waals surface area (Å²) in [7, 11) is 1.42. The first-order valence-corrected chi connectivity index (χ1v) is 6.07. The number of carbonyl (C=O) groups excluding carboxylic acids is 1. The number of methoxy groups -OCH3 is 1. The van der Waals surface area contributed by atoms with E-state index in [9.17, 15) is 4.79 Å². The number of rotatable bonds is 4. The normalized spacial score (nSPS) is 12.9. The van der Waals surface area contributed by atoms with Gasteiger partial charge < -0.3 is 4.74 Å². The molecule has 1 unspecified atom stereocenters. The smallest absolute Gasteiger partial charge is 0.313 e. The van der Waals surface area contributed by atoms with Crippen LogP contribution in [0.15, 0.2) is 12.1 Å². The van der Waals surface area contributed by atoms with Crippen molar-refractivity contribution in [3.8, 4) is 0 Å². The van der Waals surface area contributed by atoms with Crippen LogP contribution in [0.3, 0.4) is 0 Å². The third-order valence-electron chi connectivity index (χ3n) is 2.13. The van der Waals surface area contributed by atoms with E-state index < -0.39 is 0 Å². The summed E-state index contributed by atoms with van der Waals surface area (Å²) in [5.74, 6) is 0.102. The van der Waals surface area contributed by atoms with Gasteiger partial charge in [0, 0.05) is 4.88 Å². The summed E-state index contributed by atoms with van der Waals surface area (Å²) in [4.78, 5) is 12.6. The fraction of sp³-hybridized carbons (Fsp3) is 0.545. The second kappa shape index (κ2) is 5.52. The number of ether oxygens (including phenoxy) is 1. The lowest BCUT2D eigenvalue weighted by molar-refractivity contribution is -0.142. The summed E-state index contributed by atoms with van der Waals surface area (Å²) in [5.41, 5.74) is 0. The van der Waals surface area contributed by atoms with E-state index in [4.69, 9.17) is 16.3 Å². The van der Waals surface area contributed by atoms with Gasteiger partial charge in [-0.15, -0.1) is 11.3 Å². The van der Waals surface area contributed by atoms with Crippen molar-refractivity contribution in [2.45, 2.75) is 26.2 Å². The molecule has 15 heavy (non-hydrogen) atoms. The Labute approximate surface area is 99.2 Å². The quantitative estimate of drug-likeness (QED) is 0.758. The fourth-order valence-corrected chi connectivity index (χ4v) is 2.62. The van der Waals surface area contributed by atoms with Crippen LogP contribution < -0.4 is 0 Å². The van der Waals surface area contributed by atoms with Crippen LogP contribution in [-0.2, 0) is 9.53 Å². The Balaban J connectivity index is 2.85. The van der Waals surface area contributed by atoms with Crippen LogP contribution in [0, 0.1) is 5.92 Å². The minimum Gasteiger partial charge on any atom is -0.469 e. The summed E-state index contributed by atoms with van der Waals surface area (Å²) >= 11 is 7.30. The first-order valence-electron chi connectivity index (χ1n) is 4.87. The van der Waals surface area contributed by atoms with Gasteiger partial charge in [-0.05, 0) is 24.5 Å². The lowest BCUT2D eigenvalue weighted by Crippen LogP contribution is -2.15. The van der Waals surface area contributed by atoms with Gasteiger partial charge in [0.25, 0.3) is 0 Å². The highest BCUT2D eigenvalue weighted by molar-refractivity contribution is 7.16. The Hall–Kier alpha value is -0.540. The molecule has 0 radical (unpaired) electrons. The molecule has 1 rings (SSSR count). The molecule has 0 saturated carbocycles. The SMILES string of the molecule is COC(=O)C(CC(C)C)c1ccc(Cl)s1. The Kier molecular flexibility index (Phi) is 4.61. The summed E-state index contributed by atoms with van der Waals surface area (Å²) in [5, 5.41) is 0. The van der Waals surface area contributed by atoms with Gasteiger partial charge in [-0.3, -0.25) is 4.79 Å². The van der Waals surface area contributed by atoms with Crippen LogP contribution in [-0.4, -0.2) is 13.1 Å². The van der Waals surface area contributed by atoms with Crippen molar-refractivity contribution in [1.82, 2.24) is 0 Å². The van der Waals surface area contributed by atoms with E-state index >= 15 is 0 Å². The summed E-state index contributed by atoms with van der Waals surface area (Å²) in [6.07, 6.45) is 0.795. The Bertz CT molecular complexity index is 333. The molecule has 0 N–H and O–H groups in total. The number of hydrogen-bond acceptors (Lipinski definition) is 3. The third kappa shape index (κ3) is 3.50. The van der Waals surface area contributed by atoms with Crippen molar-refractivity contribution < 1.29 is 9.53 Å². The van der Waals surface area contributed by atoms with Crippen LogP contribution in [0.2, 0.25) is 4.34 Å². The molecule has 2 nitrogen and oxygen atoms in total. The second-order valence-electron chi connectivity index (χ2n) is 3.85. The van der Waals surface area contributed by atoms with Crippen molar-refractivity contribution >= 4 is 28.9 Å². The van der Waals surface area contributed by atoms with E-state index in [1.165, 1.54) is 18.4 Å². The van der Waals surface area contributed by atoms with Crippen LogP contribution in [0.1, 0.15) is 31.1 Å². The molecule has 1 atom stereocenters. The van der Waals surface area contributed by atoms with Gasteiger partial charge in [0.1, 0.15) is 0 Å². The van der Waals surface area contributed by atoms with Crippen molar-refractivity contribution in [3.05, 3.63) is 21.3 Å². The molecule has 0 fully saturated rings. The molecule has 1 heterocycles. The predicted molar refractivity (Wildman–Crippen MR) is 63.5 cm³/mol. The van der Waals surface area contributed by atoms with E-state index in [0.29, 0.717) is 10.3 Å². The van der Waals surface area contributed by atoms with Crippen LogP contribution >= 0.6 is 22.9 Å². The first-order chi connectivity index (χ1) is 7.04. The molecule has 0 aliphatic rings. The van der Waals surface area contributed by atoms with Gasteiger partial charge in [0.2, 0.25) is 0 Å².